The summed E-state index contributed by atoms with van der Waals surface area (Å²) in [5.74, 6) is 0.471. The number of ether oxygens (including phenoxy) is 1. The van der Waals surface area contributed by atoms with Gasteiger partial charge in [-0.2, -0.15) is 0 Å². The molecule has 0 amide bonds. The van der Waals surface area contributed by atoms with Crippen molar-refractivity contribution in [2.45, 2.75) is 64.0 Å². The fourth-order valence-electron chi connectivity index (χ4n) is 2.56. The standard InChI is InChI=1S/C18H27NO2/c1-4-13(2)15-7-5-14(6-8-15)11-17(12-18(20)21-3)19-16-9-10-16/h5-8,13,16-17,19H,4,9-12H2,1-3H3. The Morgan fingerprint density at radius 1 is 1.33 bits per heavy atom. The zero-order valence-electron chi connectivity index (χ0n) is 13.4. The van der Waals surface area contributed by atoms with Gasteiger partial charge in [-0.1, -0.05) is 38.1 Å². The molecule has 21 heavy (non-hydrogen) atoms. The second-order valence-corrected chi connectivity index (χ2v) is 6.17. The van der Waals surface area contributed by atoms with Gasteiger partial charge in [0.15, 0.2) is 0 Å². The smallest absolute Gasteiger partial charge is 0.307 e. The van der Waals surface area contributed by atoms with Gasteiger partial charge < -0.3 is 10.1 Å². The van der Waals surface area contributed by atoms with E-state index in [4.69, 9.17) is 4.74 Å². The van der Waals surface area contributed by atoms with Gasteiger partial charge in [0.25, 0.3) is 0 Å². The summed E-state index contributed by atoms with van der Waals surface area (Å²) in [5.41, 5.74) is 2.67. The average molecular weight is 289 g/mol. The van der Waals surface area contributed by atoms with Gasteiger partial charge in [-0.15, -0.1) is 0 Å². The van der Waals surface area contributed by atoms with E-state index in [0.29, 0.717) is 18.4 Å². The molecule has 1 aliphatic carbocycles. The topological polar surface area (TPSA) is 38.3 Å². The lowest BCUT2D eigenvalue weighted by Crippen LogP contribution is -2.35. The van der Waals surface area contributed by atoms with E-state index in [0.717, 1.165) is 12.8 Å². The molecule has 0 heterocycles. The first-order valence-electron chi connectivity index (χ1n) is 8.04. The van der Waals surface area contributed by atoms with Gasteiger partial charge in [0.1, 0.15) is 0 Å². The highest BCUT2D eigenvalue weighted by molar-refractivity contribution is 5.70. The molecule has 1 fully saturated rings. The summed E-state index contributed by atoms with van der Waals surface area (Å²) in [6.07, 6.45) is 4.94. The van der Waals surface area contributed by atoms with Crippen molar-refractivity contribution in [3.05, 3.63) is 35.4 Å². The Hall–Kier alpha value is -1.35. The largest absolute Gasteiger partial charge is 0.469 e. The summed E-state index contributed by atoms with van der Waals surface area (Å²) in [4.78, 5) is 11.5. The molecule has 0 aliphatic heterocycles. The number of methoxy groups -OCH3 is 1. The molecule has 0 saturated heterocycles. The lowest BCUT2D eigenvalue weighted by Gasteiger charge is -2.18. The van der Waals surface area contributed by atoms with Gasteiger partial charge >= 0.3 is 5.97 Å². The van der Waals surface area contributed by atoms with Gasteiger partial charge in [0, 0.05) is 12.1 Å². The van der Waals surface area contributed by atoms with Crippen LogP contribution < -0.4 is 5.32 Å². The molecule has 1 aliphatic rings. The van der Waals surface area contributed by atoms with Crippen LogP contribution in [0.3, 0.4) is 0 Å². The monoisotopic (exact) mass is 289 g/mol. The van der Waals surface area contributed by atoms with Gasteiger partial charge in [0.05, 0.1) is 13.5 Å². The lowest BCUT2D eigenvalue weighted by molar-refractivity contribution is -0.141. The molecule has 3 heteroatoms. The van der Waals surface area contributed by atoms with Crippen molar-refractivity contribution in [2.75, 3.05) is 7.11 Å². The van der Waals surface area contributed by atoms with Crippen LogP contribution in [0, 0.1) is 0 Å². The summed E-state index contributed by atoms with van der Waals surface area (Å²) >= 11 is 0. The number of nitrogens with one attached hydrogen (secondary N) is 1. The quantitative estimate of drug-likeness (QED) is 0.745. The third-order valence-electron chi connectivity index (χ3n) is 4.33. The van der Waals surface area contributed by atoms with Crippen molar-refractivity contribution >= 4 is 5.97 Å². The fraction of sp³-hybridized carbons (Fsp3) is 0.611. The number of benzene rings is 1. The van der Waals surface area contributed by atoms with Crippen molar-refractivity contribution in [1.29, 1.82) is 0 Å². The number of hydrogen-bond donors (Lipinski definition) is 1. The molecular weight excluding hydrogens is 262 g/mol. The van der Waals surface area contributed by atoms with Gasteiger partial charge in [-0.3, -0.25) is 4.79 Å². The van der Waals surface area contributed by atoms with Crippen LogP contribution in [0.5, 0.6) is 0 Å². The van der Waals surface area contributed by atoms with E-state index in [9.17, 15) is 4.79 Å². The third-order valence-corrected chi connectivity index (χ3v) is 4.33. The zero-order chi connectivity index (χ0) is 15.2. The molecule has 0 radical (unpaired) electrons. The van der Waals surface area contributed by atoms with Crippen molar-refractivity contribution in [3.8, 4) is 0 Å². The highest BCUT2D eigenvalue weighted by Gasteiger charge is 2.26. The van der Waals surface area contributed by atoms with Crippen LogP contribution in [-0.4, -0.2) is 25.2 Å². The molecule has 2 rings (SSSR count). The molecular formula is C18H27NO2. The highest BCUT2D eigenvalue weighted by Crippen LogP contribution is 2.22. The SMILES string of the molecule is CCC(C)c1ccc(CC(CC(=O)OC)NC2CC2)cc1. The van der Waals surface area contributed by atoms with Crippen LogP contribution in [-0.2, 0) is 16.0 Å². The molecule has 2 unspecified atom stereocenters. The number of rotatable bonds is 8. The van der Waals surface area contributed by atoms with Crippen molar-refractivity contribution in [2.24, 2.45) is 0 Å². The normalized spacial score (nSPS) is 17.3. The van der Waals surface area contributed by atoms with Gasteiger partial charge in [-0.05, 0) is 42.7 Å². The van der Waals surface area contributed by atoms with Crippen LogP contribution >= 0.6 is 0 Å². The van der Waals surface area contributed by atoms with E-state index in [-0.39, 0.29) is 12.0 Å². The Kier molecular flexibility index (Phi) is 5.80. The summed E-state index contributed by atoms with van der Waals surface area (Å²) in [5, 5.41) is 3.55. The second kappa shape index (κ2) is 7.60. The van der Waals surface area contributed by atoms with E-state index >= 15 is 0 Å². The molecule has 3 nitrogen and oxygen atoms in total. The maximum absolute atomic E-state index is 11.5. The van der Waals surface area contributed by atoms with Crippen LogP contribution in [0.2, 0.25) is 0 Å². The lowest BCUT2D eigenvalue weighted by atomic mass is 9.95. The Morgan fingerprint density at radius 2 is 2.00 bits per heavy atom. The summed E-state index contributed by atoms with van der Waals surface area (Å²) in [7, 11) is 1.46. The van der Waals surface area contributed by atoms with Crippen molar-refractivity contribution in [1.82, 2.24) is 5.32 Å². The molecule has 1 saturated carbocycles. The Balaban J connectivity index is 1.96. The van der Waals surface area contributed by atoms with Crippen molar-refractivity contribution < 1.29 is 9.53 Å². The predicted octanol–water partition coefficient (Wildman–Crippen LogP) is 3.43. The summed E-state index contributed by atoms with van der Waals surface area (Å²) in [6, 6.07) is 9.60. The maximum Gasteiger partial charge on any atom is 0.307 e. The predicted molar refractivity (Wildman–Crippen MR) is 85.4 cm³/mol. The molecule has 0 bridgehead atoms. The summed E-state index contributed by atoms with van der Waals surface area (Å²) < 4.78 is 4.81. The maximum atomic E-state index is 11.5. The van der Waals surface area contributed by atoms with Crippen LogP contribution in [0.25, 0.3) is 0 Å². The number of esters is 1. The van der Waals surface area contributed by atoms with E-state index in [1.807, 2.05) is 0 Å². The average Bonchev–Trinajstić information content (AvgIpc) is 3.31. The number of carbonyl (C=O) groups excluding carboxylic acids is 1. The number of carbonyl (C=O) groups is 1. The first-order valence-corrected chi connectivity index (χ1v) is 8.04. The first kappa shape index (κ1) is 16.0. The fourth-order valence-corrected chi connectivity index (χ4v) is 2.56. The summed E-state index contributed by atoms with van der Waals surface area (Å²) in [6.45, 7) is 4.47. The van der Waals surface area contributed by atoms with Crippen LogP contribution in [0.4, 0.5) is 0 Å². The molecule has 0 spiro atoms. The minimum atomic E-state index is -0.135. The molecule has 1 N–H and O–H groups in total. The van der Waals surface area contributed by atoms with E-state index in [1.165, 1.54) is 31.1 Å². The molecule has 1 aromatic rings. The molecule has 0 aromatic heterocycles. The minimum absolute atomic E-state index is 0.135. The highest BCUT2D eigenvalue weighted by atomic mass is 16.5. The third kappa shape index (κ3) is 5.16. The second-order valence-electron chi connectivity index (χ2n) is 6.17. The Bertz CT molecular complexity index is 451. The van der Waals surface area contributed by atoms with Gasteiger partial charge in [-0.25, -0.2) is 0 Å². The van der Waals surface area contributed by atoms with Gasteiger partial charge in [0.2, 0.25) is 0 Å². The Morgan fingerprint density at radius 3 is 2.52 bits per heavy atom. The van der Waals surface area contributed by atoms with Crippen molar-refractivity contribution in [3.63, 3.8) is 0 Å². The molecule has 1 aromatic carbocycles. The Labute approximate surface area is 128 Å². The van der Waals surface area contributed by atoms with E-state index < -0.39 is 0 Å². The molecule has 116 valence electrons. The van der Waals surface area contributed by atoms with E-state index in [2.05, 4.69) is 43.4 Å². The van der Waals surface area contributed by atoms with Crippen LogP contribution in [0.1, 0.15) is 56.6 Å². The first-order chi connectivity index (χ1) is 10.1. The van der Waals surface area contributed by atoms with Crippen LogP contribution in [0.15, 0.2) is 24.3 Å². The minimum Gasteiger partial charge on any atom is -0.469 e. The van der Waals surface area contributed by atoms with E-state index in [1.54, 1.807) is 0 Å². The number of hydrogen-bond acceptors (Lipinski definition) is 3. The molecule has 2 atom stereocenters. The zero-order valence-corrected chi connectivity index (χ0v) is 13.4.